The van der Waals surface area contributed by atoms with Crippen molar-refractivity contribution in [3.63, 3.8) is 0 Å². The highest BCUT2D eigenvalue weighted by Gasteiger charge is 2.27. The molecule has 6 atom stereocenters. The molecule has 0 spiro atoms. The molecule has 5 rings (SSSR count). The van der Waals surface area contributed by atoms with E-state index in [2.05, 4.69) is 189 Å². The Hall–Kier alpha value is -3.55. The maximum Gasteiger partial charge on any atom is 0.0419 e. The molecule has 4 aliphatic rings. The van der Waals surface area contributed by atoms with Gasteiger partial charge in [-0.25, -0.2) is 0 Å². The van der Waals surface area contributed by atoms with Gasteiger partial charge in [-0.2, -0.15) is 0 Å². The van der Waals surface area contributed by atoms with Crippen molar-refractivity contribution in [2.75, 3.05) is 9.33 Å². The summed E-state index contributed by atoms with van der Waals surface area (Å²) in [6, 6.07) is 10.1. The number of allylic oxidation sites excluding steroid dienone is 12. The Balaban J connectivity index is 1.38. The largest absolute Gasteiger partial charge is 0.338 e. The zero-order valence-corrected chi connectivity index (χ0v) is 34.3. The topological polar surface area (TPSA) is 15.3 Å². The molecular weight excluding hydrogens is 743 g/mol. The van der Waals surface area contributed by atoms with E-state index in [4.69, 9.17) is 0 Å². The van der Waals surface area contributed by atoms with Crippen molar-refractivity contribution in [3.05, 3.63) is 155 Å². The molecule has 0 bridgehead atoms. The van der Waals surface area contributed by atoms with Gasteiger partial charge < -0.3 is 10.2 Å². The normalized spacial score (nSPS) is 28.7. The maximum absolute atomic E-state index is 4.66. The minimum absolute atomic E-state index is 0.162. The number of alkyl halides is 1. The van der Waals surface area contributed by atoms with E-state index in [0.717, 1.165) is 41.6 Å². The monoisotopic (exact) mass is 802 g/mol. The molecule has 2 nitrogen and oxygen atoms in total. The van der Waals surface area contributed by atoms with E-state index in [1.54, 1.807) is 0 Å². The lowest BCUT2D eigenvalue weighted by Crippen LogP contribution is -2.44. The third kappa shape index (κ3) is 11.7. The number of halogens is 1. The lowest BCUT2D eigenvalue weighted by atomic mass is 9.83. The number of nitrogens with zero attached hydrogens (tertiary/aromatic N) is 1. The van der Waals surface area contributed by atoms with Crippen molar-refractivity contribution in [1.29, 1.82) is 0 Å². The predicted octanol–water partition coefficient (Wildman–Crippen LogP) is 12.6. The van der Waals surface area contributed by atoms with Crippen molar-refractivity contribution in [2.24, 2.45) is 17.8 Å². The van der Waals surface area contributed by atoms with Crippen LogP contribution in [0, 0.1) is 36.5 Å². The Labute approximate surface area is 329 Å². The molecular formula is C49H59IN2. The van der Waals surface area contributed by atoms with E-state index in [0.29, 0.717) is 18.0 Å². The van der Waals surface area contributed by atoms with E-state index in [9.17, 15) is 0 Å². The van der Waals surface area contributed by atoms with Gasteiger partial charge >= 0.3 is 0 Å². The molecule has 0 amide bonds. The molecule has 0 radical (unpaired) electrons. The van der Waals surface area contributed by atoms with E-state index in [1.165, 1.54) is 64.9 Å². The van der Waals surface area contributed by atoms with Gasteiger partial charge in [-0.05, 0) is 119 Å². The summed E-state index contributed by atoms with van der Waals surface area (Å²) in [7, 11) is 0. The number of benzene rings is 1. The van der Waals surface area contributed by atoms with Crippen LogP contribution in [0.5, 0.6) is 0 Å². The Morgan fingerprint density at radius 3 is 2.79 bits per heavy atom. The number of hydrogen-bond donors (Lipinski definition) is 1. The Kier molecular flexibility index (Phi) is 15.3. The number of hydrogen-bond acceptors (Lipinski definition) is 2. The van der Waals surface area contributed by atoms with Crippen LogP contribution in [0.25, 0.3) is 0 Å². The van der Waals surface area contributed by atoms with Crippen LogP contribution < -0.4 is 10.2 Å². The van der Waals surface area contributed by atoms with Crippen LogP contribution in [0.1, 0.15) is 84.6 Å². The smallest absolute Gasteiger partial charge is 0.0419 e. The van der Waals surface area contributed by atoms with Crippen molar-refractivity contribution >= 4 is 28.3 Å². The number of rotatable bonds is 12. The molecule has 0 aliphatic heterocycles. The van der Waals surface area contributed by atoms with Crippen LogP contribution >= 0.6 is 22.6 Å². The molecule has 0 heterocycles. The molecule has 272 valence electrons. The van der Waals surface area contributed by atoms with Gasteiger partial charge in [-0.15, -0.1) is 5.73 Å². The van der Waals surface area contributed by atoms with Crippen LogP contribution in [-0.2, 0) is 0 Å². The summed E-state index contributed by atoms with van der Waals surface area (Å²) in [6.45, 7) is 15.9. The SMILES string of the molecule is C=C(/C=C\C(=C/CI)N(c1cccc(C)c1)C1CC=C=C/C=C(/C)C1)C1CC#C/C=C(C[C@@H](NC2CCCC(C)C2)[C@H]2C=CC=C(C)C=C2)\C=C/1C. The second-order valence-corrected chi connectivity index (χ2v) is 16.3. The minimum Gasteiger partial charge on any atom is -0.338 e. The summed E-state index contributed by atoms with van der Waals surface area (Å²) in [4.78, 5) is 2.53. The summed E-state index contributed by atoms with van der Waals surface area (Å²) in [6.07, 6.45) is 38.2. The first-order chi connectivity index (χ1) is 25.2. The fourth-order valence-electron chi connectivity index (χ4n) is 8.04. The highest BCUT2D eigenvalue weighted by Crippen LogP contribution is 2.33. The van der Waals surface area contributed by atoms with Crippen LogP contribution in [0.15, 0.2) is 149 Å². The highest BCUT2D eigenvalue weighted by molar-refractivity contribution is 14.1. The van der Waals surface area contributed by atoms with Gasteiger partial charge in [0, 0.05) is 52.2 Å². The van der Waals surface area contributed by atoms with Gasteiger partial charge in [-0.1, -0.05) is 144 Å². The summed E-state index contributed by atoms with van der Waals surface area (Å²) in [5, 5.41) is 4.14. The van der Waals surface area contributed by atoms with Crippen LogP contribution in [-0.4, -0.2) is 22.6 Å². The summed E-state index contributed by atoms with van der Waals surface area (Å²) < 4.78 is 0.918. The second kappa shape index (κ2) is 20.1. The van der Waals surface area contributed by atoms with E-state index in [1.807, 2.05) is 6.08 Å². The zero-order chi connectivity index (χ0) is 36.9. The molecule has 4 aliphatic carbocycles. The number of aryl methyl sites for hydroxylation is 1. The maximum atomic E-state index is 4.66. The van der Waals surface area contributed by atoms with Gasteiger partial charge in [-0.3, -0.25) is 0 Å². The molecule has 3 heteroatoms. The Morgan fingerprint density at radius 1 is 1.12 bits per heavy atom. The summed E-state index contributed by atoms with van der Waals surface area (Å²) in [5.74, 6) is 8.22. The molecule has 1 aromatic carbocycles. The summed E-state index contributed by atoms with van der Waals surface area (Å²) in [5.41, 5.74) is 13.5. The van der Waals surface area contributed by atoms with Gasteiger partial charge in [0.05, 0.1) is 0 Å². The van der Waals surface area contributed by atoms with E-state index in [-0.39, 0.29) is 12.0 Å². The third-order valence-electron chi connectivity index (χ3n) is 10.9. The lowest BCUT2D eigenvalue weighted by Gasteiger charge is -2.35. The molecule has 0 aromatic heterocycles. The molecule has 0 saturated heterocycles. The quantitative estimate of drug-likeness (QED) is 0.0745. The molecule has 1 saturated carbocycles. The van der Waals surface area contributed by atoms with Crippen LogP contribution in [0.2, 0.25) is 0 Å². The molecule has 4 unspecified atom stereocenters. The fraction of sp³-hybridized carbons (Fsp3) is 0.408. The number of nitrogens with one attached hydrogen (secondary N) is 1. The van der Waals surface area contributed by atoms with Gasteiger partial charge in [0.2, 0.25) is 0 Å². The second-order valence-electron chi connectivity index (χ2n) is 15.4. The van der Waals surface area contributed by atoms with Crippen molar-refractivity contribution in [2.45, 2.75) is 104 Å². The average Bonchev–Trinajstić information content (AvgIpc) is 3.32. The van der Waals surface area contributed by atoms with Crippen LogP contribution in [0.4, 0.5) is 5.69 Å². The van der Waals surface area contributed by atoms with Gasteiger partial charge in [0.15, 0.2) is 0 Å². The van der Waals surface area contributed by atoms with Gasteiger partial charge in [0.1, 0.15) is 0 Å². The Morgan fingerprint density at radius 2 is 1.98 bits per heavy atom. The molecule has 52 heavy (non-hydrogen) atoms. The Bertz CT molecular complexity index is 1800. The third-order valence-corrected chi connectivity index (χ3v) is 11.3. The predicted molar refractivity (Wildman–Crippen MR) is 235 cm³/mol. The lowest BCUT2D eigenvalue weighted by molar-refractivity contribution is 0.268. The van der Waals surface area contributed by atoms with E-state index < -0.39 is 0 Å². The first kappa shape index (κ1) is 39.7. The van der Waals surface area contributed by atoms with Crippen molar-refractivity contribution in [1.82, 2.24) is 5.32 Å². The first-order valence-corrected chi connectivity index (χ1v) is 20.9. The number of anilines is 1. The fourth-order valence-corrected chi connectivity index (χ4v) is 8.49. The first-order valence-electron chi connectivity index (χ1n) is 19.4. The highest BCUT2D eigenvalue weighted by atomic mass is 127. The average molecular weight is 803 g/mol. The molecule has 1 fully saturated rings. The van der Waals surface area contributed by atoms with Gasteiger partial charge in [0.25, 0.3) is 0 Å². The molecule has 1 N–H and O–H groups in total. The standard InChI is InChI=1S/C49H59IN2/c1-36-16-12-20-43(27-25-36)49(51-44-21-13-17-37(2)31-44)35-42-19-10-11-24-48(41(6)34-42)40(5)26-28-45(29-30-50)52(47-23-14-18-39(4)33-47)46-22-9-7-8-15-38(3)32-46/h8-9,12,14-16,18-20,23,25-29,33-34,37,43-44,46,48-49,51H,5,13,17,21-22,24,30-32,35H2,1-4,6H3/b28-26-,38-15-,41-34-,42-19+,45-29+/t7?,37?,43-,44?,46?,48?,49+/m0/s1. The van der Waals surface area contributed by atoms with Crippen molar-refractivity contribution < 1.29 is 0 Å². The molecule has 1 aromatic rings. The summed E-state index contributed by atoms with van der Waals surface area (Å²) >= 11 is 2.47. The van der Waals surface area contributed by atoms with Crippen molar-refractivity contribution in [3.8, 4) is 11.8 Å². The minimum atomic E-state index is 0.162. The zero-order valence-electron chi connectivity index (χ0n) is 32.2. The van der Waals surface area contributed by atoms with E-state index >= 15 is 0 Å². The van der Waals surface area contributed by atoms with Crippen LogP contribution in [0.3, 0.4) is 0 Å².